The molecule has 0 rings (SSSR count). The molecule has 0 bridgehead atoms. The molecule has 0 saturated carbocycles. The standard InChI is InChI=1S/C8H17N/c1-6-9-8(4,5)7(2)3/h6-7,9H,1H2,2-5H3. The van der Waals surface area contributed by atoms with Crippen LogP contribution in [0.2, 0.25) is 0 Å². The van der Waals surface area contributed by atoms with E-state index in [0.29, 0.717) is 5.92 Å². The summed E-state index contributed by atoms with van der Waals surface area (Å²) < 4.78 is 0. The molecule has 0 aromatic heterocycles. The minimum Gasteiger partial charge on any atom is -0.386 e. The van der Waals surface area contributed by atoms with Crippen LogP contribution in [0.1, 0.15) is 27.7 Å². The van der Waals surface area contributed by atoms with Gasteiger partial charge in [0.1, 0.15) is 0 Å². The second-order valence-corrected chi connectivity index (χ2v) is 3.22. The molecule has 0 fully saturated rings. The minimum atomic E-state index is 0.182. The molecule has 0 aliphatic carbocycles. The van der Waals surface area contributed by atoms with Crippen molar-refractivity contribution in [2.24, 2.45) is 5.92 Å². The lowest BCUT2D eigenvalue weighted by atomic mass is 9.91. The number of nitrogens with one attached hydrogen (secondary N) is 1. The lowest BCUT2D eigenvalue weighted by molar-refractivity contribution is 0.322. The van der Waals surface area contributed by atoms with Crippen molar-refractivity contribution < 1.29 is 0 Å². The lowest BCUT2D eigenvalue weighted by Crippen LogP contribution is -2.40. The fraction of sp³-hybridized carbons (Fsp3) is 0.750. The van der Waals surface area contributed by atoms with Crippen LogP contribution in [0.3, 0.4) is 0 Å². The third-order valence-electron chi connectivity index (χ3n) is 1.92. The number of rotatable bonds is 3. The van der Waals surface area contributed by atoms with Crippen LogP contribution in [0.4, 0.5) is 0 Å². The van der Waals surface area contributed by atoms with Crippen LogP contribution >= 0.6 is 0 Å². The van der Waals surface area contributed by atoms with Crippen LogP contribution in [-0.2, 0) is 0 Å². The fourth-order valence-corrected chi connectivity index (χ4v) is 0.430. The van der Waals surface area contributed by atoms with E-state index in [0.717, 1.165) is 0 Å². The molecule has 1 N–H and O–H groups in total. The Kier molecular flexibility index (Phi) is 2.75. The molecule has 0 aliphatic heterocycles. The lowest BCUT2D eigenvalue weighted by Gasteiger charge is -2.29. The summed E-state index contributed by atoms with van der Waals surface area (Å²) in [6, 6.07) is 0. The Morgan fingerprint density at radius 2 is 1.89 bits per heavy atom. The third-order valence-corrected chi connectivity index (χ3v) is 1.92. The van der Waals surface area contributed by atoms with Crippen molar-refractivity contribution in [3.63, 3.8) is 0 Å². The van der Waals surface area contributed by atoms with Crippen LogP contribution in [0.25, 0.3) is 0 Å². The average Bonchev–Trinajstić information content (AvgIpc) is 1.65. The van der Waals surface area contributed by atoms with E-state index in [1.54, 1.807) is 6.20 Å². The zero-order valence-electron chi connectivity index (χ0n) is 6.86. The summed E-state index contributed by atoms with van der Waals surface area (Å²) in [4.78, 5) is 0. The van der Waals surface area contributed by atoms with Gasteiger partial charge in [0.2, 0.25) is 0 Å². The molecule has 0 atom stereocenters. The van der Waals surface area contributed by atoms with Gasteiger partial charge in [-0.15, -0.1) is 0 Å². The van der Waals surface area contributed by atoms with Gasteiger partial charge in [-0.05, 0) is 26.0 Å². The Bertz CT molecular complexity index is 92.7. The molecular weight excluding hydrogens is 110 g/mol. The van der Waals surface area contributed by atoms with Gasteiger partial charge < -0.3 is 5.32 Å². The summed E-state index contributed by atoms with van der Waals surface area (Å²) in [5, 5.41) is 3.19. The molecule has 0 spiro atoms. The molecule has 0 unspecified atom stereocenters. The summed E-state index contributed by atoms with van der Waals surface area (Å²) >= 11 is 0. The highest BCUT2D eigenvalue weighted by Crippen LogP contribution is 2.14. The summed E-state index contributed by atoms with van der Waals surface area (Å²) in [7, 11) is 0. The Balaban J connectivity index is 3.84. The largest absolute Gasteiger partial charge is 0.386 e. The molecule has 0 amide bonds. The first-order chi connectivity index (χ1) is 4.00. The first-order valence-electron chi connectivity index (χ1n) is 3.39. The molecule has 0 heterocycles. The summed E-state index contributed by atoms with van der Waals surface area (Å²) in [6.45, 7) is 12.3. The van der Waals surface area contributed by atoms with Gasteiger partial charge in [-0.1, -0.05) is 20.4 Å². The monoisotopic (exact) mass is 127 g/mol. The normalized spacial score (nSPS) is 11.7. The highest BCUT2D eigenvalue weighted by atomic mass is 14.9. The Hall–Kier alpha value is -0.460. The maximum Gasteiger partial charge on any atom is 0.0334 e. The van der Waals surface area contributed by atoms with Crippen molar-refractivity contribution in [1.29, 1.82) is 0 Å². The number of hydrogen-bond donors (Lipinski definition) is 1. The summed E-state index contributed by atoms with van der Waals surface area (Å²) in [5.41, 5.74) is 0.182. The van der Waals surface area contributed by atoms with Gasteiger partial charge in [0.15, 0.2) is 0 Å². The van der Waals surface area contributed by atoms with Crippen molar-refractivity contribution in [2.45, 2.75) is 33.2 Å². The molecule has 0 aromatic rings. The van der Waals surface area contributed by atoms with Crippen molar-refractivity contribution in [3.8, 4) is 0 Å². The maximum atomic E-state index is 3.62. The van der Waals surface area contributed by atoms with Gasteiger partial charge >= 0.3 is 0 Å². The second-order valence-electron chi connectivity index (χ2n) is 3.22. The SMILES string of the molecule is C=CNC(C)(C)C(C)C. The predicted octanol–water partition coefficient (Wildman–Crippen LogP) is 2.15. The fourth-order valence-electron chi connectivity index (χ4n) is 0.430. The highest BCUT2D eigenvalue weighted by molar-refractivity contribution is 4.85. The third kappa shape index (κ3) is 2.54. The van der Waals surface area contributed by atoms with Gasteiger partial charge in [-0.2, -0.15) is 0 Å². The molecule has 1 heteroatoms. The van der Waals surface area contributed by atoms with Crippen LogP contribution in [0, 0.1) is 5.92 Å². The van der Waals surface area contributed by atoms with Crippen LogP contribution in [0.15, 0.2) is 12.8 Å². The first-order valence-corrected chi connectivity index (χ1v) is 3.39. The Morgan fingerprint density at radius 3 is 2.00 bits per heavy atom. The Labute approximate surface area is 58.2 Å². The van der Waals surface area contributed by atoms with Gasteiger partial charge in [0.05, 0.1) is 0 Å². The van der Waals surface area contributed by atoms with E-state index in [1.807, 2.05) is 0 Å². The van der Waals surface area contributed by atoms with E-state index in [1.165, 1.54) is 0 Å². The molecule has 0 radical (unpaired) electrons. The van der Waals surface area contributed by atoms with Crippen molar-refractivity contribution >= 4 is 0 Å². The highest BCUT2D eigenvalue weighted by Gasteiger charge is 2.18. The average molecular weight is 127 g/mol. The van der Waals surface area contributed by atoms with Gasteiger partial charge in [0, 0.05) is 5.54 Å². The van der Waals surface area contributed by atoms with E-state index in [-0.39, 0.29) is 5.54 Å². The van der Waals surface area contributed by atoms with Crippen LogP contribution in [-0.4, -0.2) is 5.54 Å². The smallest absolute Gasteiger partial charge is 0.0334 e. The molecule has 1 nitrogen and oxygen atoms in total. The van der Waals surface area contributed by atoms with Crippen molar-refractivity contribution in [1.82, 2.24) is 5.32 Å². The van der Waals surface area contributed by atoms with Gasteiger partial charge in [-0.25, -0.2) is 0 Å². The van der Waals surface area contributed by atoms with E-state index in [9.17, 15) is 0 Å². The zero-order valence-corrected chi connectivity index (χ0v) is 6.86. The minimum absolute atomic E-state index is 0.182. The van der Waals surface area contributed by atoms with Crippen LogP contribution < -0.4 is 5.32 Å². The molecular formula is C8H17N. The Morgan fingerprint density at radius 1 is 1.44 bits per heavy atom. The second kappa shape index (κ2) is 2.90. The molecule has 0 saturated heterocycles. The van der Waals surface area contributed by atoms with Gasteiger partial charge in [-0.3, -0.25) is 0 Å². The first kappa shape index (κ1) is 8.54. The predicted molar refractivity (Wildman–Crippen MR) is 42.2 cm³/mol. The zero-order chi connectivity index (χ0) is 7.49. The van der Waals surface area contributed by atoms with E-state index in [4.69, 9.17) is 0 Å². The topological polar surface area (TPSA) is 12.0 Å². The van der Waals surface area contributed by atoms with Crippen LogP contribution in [0.5, 0.6) is 0 Å². The number of hydrogen-bond acceptors (Lipinski definition) is 1. The molecule has 54 valence electrons. The van der Waals surface area contributed by atoms with E-state index < -0.39 is 0 Å². The van der Waals surface area contributed by atoms with E-state index >= 15 is 0 Å². The van der Waals surface area contributed by atoms with Crippen molar-refractivity contribution in [3.05, 3.63) is 12.8 Å². The quantitative estimate of drug-likeness (QED) is 0.612. The summed E-state index contributed by atoms with van der Waals surface area (Å²) in [5.74, 6) is 0.635. The maximum absolute atomic E-state index is 3.62. The molecule has 0 aromatic carbocycles. The molecule has 0 aliphatic rings. The van der Waals surface area contributed by atoms with Gasteiger partial charge in [0.25, 0.3) is 0 Å². The summed E-state index contributed by atoms with van der Waals surface area (Å²) in [6.07, 6.45) is 1.75. The van der Waals surface area contributed by atoms with E-state index in [2.05, 4.69) is 39.6 Å². The van der Waals surface area contributed by atoms with Crippen molar-refractivity contribution in [2.75, 3.05) is 0 Å². The molecule has 9 heavy (non-hydrogen) atoms.